The molecule has 1 saturated heterocycles. The van der Waals surface area contributed by atoms with Crippen molar-refractivity contribution in [3.05, 3.63) is 53.6 Å². The second-order valence-corrected chi connectivity index (χ2v) is 6.33. The van der Waals surface area contributed by atoms with Crippen molar-refractivity contribution in [2.45, 2.75) is 31.7 Å². The number of aromatic nitrogens is 2. The summed E-state index contributed by atoms with van der Waals surface area (Å²) in [6.45, 7) is 0.717. The highest BCUT2D eigenvalue weighted by Gasteiger charge is 2.29. The normalized spacial score (nSPS) is 17.8. The Bertz CT molecular complexity index is 752. The fraction of sp³-hybridized carbons (Fsp3) is 0.421. The topological polar surface area (TPSA) is 64.4 Å². The average molecular weight is 341 g/mol. The molecule has 1 aliphatic heterocycles. The third-order valence-electron chi connectivity index (χ3n) is 4.74. The number of pyridine rings is 1. The molecule has 0 aliphatic carbocycles. The number of aryl methyl sites for hydroxylation is 1. The molecule has 2 aromatic rings. The molecule has 0 N–H and O–H groups in total. The van der Waals surface area contributed by atoms with Crippen LogP contribution >= 0.6 is 0 Å². The first-order chi connectivity index (χ1) is 12.1. The maximum Gasteiger partial charge on any atom is 0.339 e. The number of hydrogen-bond donors (Lipinski definition) is 0. The number of carbonyl (C=O) groups is 2. The third kappa shape index (κ3) is 3.57. The molecule has 2 aromatic heterocycles. The zero-order valence-electron chi connectivity index (χ0n) is 14.6. The van der Waals surface area contributed by atoms with Crippen molar-refractivity contribution in [2.24, 2.45) is 7.05 Å². The van der Waals surface area contributed by atoms with Crippen LogP contribution in [0.5, 0.6) is 0 Å². The Labute approximate surface area is 147 Å². The third-order valence-corrected chi connectivity index (χ3v) is 4.74. The molecule has 1 fully saturated rings. The van der Waals surface area contributed by atoms with Crippen LogP contribution in [0.15, 0.2) is 36.7 Å². The summed E-state index contributed by atoms with van der Waals surface area (Å²) in [5, 5.41) is 0. The summed E-state index contributed by atoms with van der Waals surface area (Å²) >= 11 is 0. The van der Waals surface area contributed by atoms with Gasteiger partial charge in [-0.25, -0.2) is 4.79 Å². The van der Waals surface area contributed by atoms with Crippen molar-refractivity contribution >= 4 is 11.9 Å². The second-order valence-electron chi connectivity index (χ2n) is 6.33. The van der Waals surface area contributed by atoms with Crippen molar-refractivity contribution in [1.29, 1.82) is 0 Å². The molecule has 25 heavy (non-hydrogen) atoms. The first kappa shape index (κ1) is 17.2. The smallest absolute Gasteiger partial charge is 0.339 e. The first-order valence-corrected chi connectivity index (χ1v) is 8.58. The highest BCUT2D eigenvalue weighted by molar-refractivity contribution is 5.94. The van der Waals surface area contributed by atoms with Gasteiger partial charge in [-0.3, -0.25) is 9.78 Å². The minimum atomic E-state index is -0.456. The van der Waals surface area contributed by atoms with Crippen LogP contribution in [-0.4, -0.2) is 40.0 Å². The van der Waals surface area contributed by atoms with Crippen molar-refractivity contribution < 1.29 is 14.3 Å². The Morgan fingerprint density at radius 1 is 1.20 bits per heavy atom. The van der Waals surface area contributed by atoms with Gasteiger partial charge in [0.1, 0.15) is 5.69 Å². The average Bonchev–Trinajstić information content (AvgIpc) is 2.92. The Kier molecular flexibility index (Phi) is 5.16. The maximum atomic E-state index is 13.1. The van der Waals surface area contributed by atoms with Crippen LogP contribution in [0.1, 0.15) is 58.3 Å². The lowest BCUT2D eigenvalue weighted by Crippen LogP contribution is -2.36. The van der Waals surface area contributed by atoms with Crippen LogP contribution in [0.3, 0.4) is 0 Å². The van der Waals surface area contributed by atoms with E-state index in [-0.39, 0.29) is 11.9 Å². The number of nitrogens with zero attached hydrogens (tertiary/aromatic N) is 3. The van der Waals surface area contributed by atoms with E-state index in [1.54, 1.807) is 12.1 Å². The van der Waals surface area contributed by atoms with Crippen molar-refractivity contribution in [1.82, 2.24) is 14.5 Å². The van der Waals surface area contributed by atoms with Crippen molar-refractivity contribution in [3.8, 4) is 0 Å². The molecule has 1 aliphatic rings. The molecular formula is C19H23N3O3. The van der Waals surface area contributed by atoms with Gasteiger partial charge >= 0.3 is 5.97 Å². The molecule has 0 aromatic carbocycles. The van der Waals surface area contributed by atoms with E-state index < -0.39 is 5.97 Å². The molecule has 3 rings (SSSR count). The summed E-state index contributed by atoms with van der Waals surface area (Å²) in [5.41, 5.74) is 1.84. The number of rotatable bonds is 3. The predicted octanol–water partition coefficient (Wildman–Crippen LogP) is 2.96. The molecular weight excluding hydrogens is 318 g/mol. The Hall–Kier alpha value is -2.63. The lowest BCUT2D eigenvalue weighted by atomic mass is 10.1. The van der Waals surface area contributed by atoms with E-state index in [0.717, 1.165) is 37.9 Å². The zero-order chi connectivity index (χ0) is 17.8. The van der Waals surface area contributed by atoms with E-state index >= 15 is 0 Å². The fourth-order valence-electron chi connectivity index (χ4n) is 3.39. The van der Waals surface area contributed by atoms with E-state index in [0.29, 0.717) is 11.3 Å². The van der Waals surface area contributed by atoms with Crippen LogP contribution in [0.2, 0.25) is 0 Å². The van der Waals surface area contributed by atoms with Crippen LogP contribution in [0, 0.1) is 0 Å². The van der Waals surface area contributed by atoms with Gasteiger partial charge in [0.05, 0.1) is 18.7 Å². The zero-order valence-corrected chi connectivity index (χ0v) is 14.6. The molecule has 6 nitrogen and oxygen atoms in total. The first-order valence-electron chi connectivity index (χ1n) is 8.58. The summed E-state index contributed by atoms with van der Waals surface area (Å²) in [7, 11) is 3.33. The molecule has 0 spiro atoms. The lowest BCUT2D eigenvalue weighted by molar-refractivity contribution is 0.0597. The standard InChI is InChI=1S/C19H23N3O3/c1-21-11-6-8-16(21)17-7-4-3-5-12-22(17)18(23)15-10-9-14(13-20-15)19(24)25-2/h6,8-11,13,17H,3-5,7,12H2,1-2H3/t17-/m1/s1. The highest BCUT2D eigenvalue weighted by atomic mass is 16.5. The second kappa shape index (κ2) is 7.51. The molecule has 1 atom stereocenters. The summed E-state index contributed by atoms with van der Waals surface area (Å²) < 4.78 is 6.75. The van der Waals surface area contributed by atoms with Gasteiger partial charge in [-0.2, -0.15) is 0 Å². The van der Waals surface area contributed by atoms with Crippen LogP contribution < -0.4 is 0 Å². The molecule has 0 saturated carbocycles. The summed E-state index contributed by atoms with van der Waals surface area (Å²) in [4.78, 5) is 30.7. The number of carbonyl (C=O) groups excluding carboxylic acids is 2. The van der Waals surface area contributed by atoms with Crippen molar-refractivity contribution in [3.63, 3.8) is 0 Å². The molecule has 0 unspecified atom stereocenters. The largest absolute Gasteiger partial charge is 0.465 e. The van der Waals surface area contributed by atoms with E-state index in [1.165, 1.54) is 13.3 Å². The fourth-order valence-corrected chi connectivity index (χ4v) is 3.39. The maximum absolute atomic E-state index is 13.1. The molecule has 1 amide bonds. The SMILES string of the molecule is COC(=O)c1ccc(C(=O)N2CCCCC[C@@H]2c2cccn2C)nc1. The summed E-state index contributed by atoms with van der Waals surface area (Å²) in [5.74, 6) is -0.549. The number of likely N-dealkylation sites (tertiary alicyclic amines) is 1. The number of esters is 1. The number of ether oxygens (including phenoxy) is 1. The van der Waals surface area contributed by atoms with Crippen molar-refractivity contribution in [2.75, 3.05) is 13.7 Å². The van der Waals surface area contributed by atoms with E-state index in [2.05, 4.69) is 20.4 Å². The molecule has 0 radical (unpaired) electrons. The molecule has 132 valence electrons. The molecule has 3 heterocycles. The van der Waals surface area contributed by atoms with Gasteiger partial charge in [-0.1, -0.05) is 12.8 Å². The van der Waals surface area contributed by atoms with Gasteiger partial charge in [0.25, 0.3) is 5.91 Å². The lowest BCUT2D eigenvalue weighted by Gasteiger charge is -2.30. The number of hydrogen-bond acceptors (Lipinski definition) is 4. The van der Waals surface area contributed by atoms with Crippen LogP contribution in [-0.2, 0) is 11.8 Å². The highest BCUT2D eigenvalue weighted by Crippen LogP contribution is 2.31. The Morgan fingerprint density at radius 3 is 2.68 bits per heavy atom. The Balaban J connectivity index is 1.87. The monoisotopic (exact) mass is 341 g/mol. The Morgan fingerprint density at radius 2 is 2.04 bits per heavy atom. The van der Waals surface area contributed by atoms with E-state index in [4.69, 9.17) is 0 Å². The van der Waals surface area contributed by atoms with Gasteiger partial charge in [0, 0.05) is 31.7 Å². The quantitative estimate of drug-likeness (QED) is 0.805. The van der Waals surface area contributed by atoms with Gasteiger partial charge in [-0.05, 0) is 37.1 Å². The number of methoxy groups -OCH3 is 1. The minimum Gasteiger partial charge on any atom is -0.465 e. The van der Waals surface area contributed by atoms with Crippen LogP contribution in [0.25, 0.3) is 0 Å². The van der Waals surface area contributed by atoms with Gasteiger partial charge in [0.15, 0.2) is 0 Å². The van der Waals surface area contributed by atoms with Gasteiger partial charge in [0.2, 0.25) is 0 Å². The molecule has 0 bridgehead atoms. The predicted molar refractivity (Wildman–Crippen MR) is 93.2 cm³/mol. The summed E-state index contributed by atoms with van der Waals surface area (Å²) in [6, 6.07) is 7.32. The van der Waals surface area contributed by atoms with E-state index in [1.807, 2.05) is 24.2 Å². The van der Waals surface area contributed by atoms with Gasteiger partial charge < -0.3 is 14.2 Å². The minimum absolute atomic E-state index is 0.0529. The molecule has 6 heteroatoms. The van der Waals surface area contributed by atoms with Crippen LogP contribution in [0.4, 0.5) is 0 Å². The van der Waals surface area contributed by atoms with E-state index in [9.17, 15) is 9.59 Å². The number of amides is 1. The van der Waals surface area contributed by atoms with Gasteiger partial charge in [-0.15, -0.1) is 0 Å². The summed E-state index contributed by atoms with van der Waals surface area (Å²) in [6.07, 6.45) is 7.57.